The molecule has 0 aliphatic heterocycles. The van der Waals surface area contributed by atoms with E-state index in [4.69, 9.17) is 9.47 Å². The molecule has 0 bridgehead atoms. The fraction of sp³-hybridized carbons (Fsp3) is 0.895. The van der Waals surface area contributed by atoms with E-state index in [1.54, 1.807) is 0 Å². The molecule has 0 aromatic rings. The Bertz CT molecular complexity index is 300. The van der Waals surface area contributed by atoms with Crippen LogP contribution in [0, 0.1) is 5.92 Å². The third-order valence-corrected chi connectivity index (χ3v) is 3.60. The van der Waals surface area contributed by atoms with Gasteiger partial charge in [-0.25, -0.2) is 0 Å². The molecule has 0 aromatic carbocycles. The maximum absolute atomic E-state index is 11.7. The second-order valence-corrected chi connectivity index (χ2v) is 6.58. The van der Waals surface area contributed by atoms with Gasteiger partial charge >= 0.3 is 0 Å². The standard InChI is InChI=1S/C19H36O4/c1-4-5-12-22-14-7-10-18(20)16-19(21)11-8-15-23-13-6-9-17(2)3/h17H,4-16H2,1-3H3. The minimum atomic E-state index is 0.0342. The van der Waals surface area contributed by atoms with E-state index in [0.717, 1.165) is 38.9 Å². The highest BCUT2D eigenvalue weighted by atomic mass is 16.5. The molecule has 0 atom stereocenters. The highest BCUT2D eigenvalue weighted by molar-refractivity contribution is 5.98. The van der Waals surface area contributed by atoms with E-state index in [2.05, 4.69) is 20.8 Å². The number of unbranched alkanes of at least 4 members (excludes halogenated alkanes) is 1. The Labute approximate surface area is 142 Å². The first-order valence-corrected chi connectivity index (χ1v) is 9.25. The monoisotopic (exact) mass is 328 g/mol. The summed E-state index contributed by atoms with van der Waals surface area (Å²) < 4.78 is 10.9. The second-order valence-electron chi connectivity index (χ2n) is 6.58. The van der Waals surface area contributed by atoms with E-state index >= 15 is 0 Å². The Kier molecular flexibility index (Phi) is 15.6. The summed E-state index contributed by atoms with van der Waals surface area (Å²) in [6.45, 7) is 9.28. The Morgan fingerprint density at radius 1 is 0.783 bits per heavy atom. The van der Waals surface area contributed by atoms with Crippen molar-refractivity contribution in [3.05, 3.63) is 0 Å². The molecule has 0 radical (unpaired) electrons. The highest BCUT2D eigenvalue weighted by Crippen LogP contribution is 2.05. The molecule has 0 fully saturated rings. The lowest BCUT2D eigenvalue weighted by Gasteiger charge is -2.06. The third-order valence-electron chi connectivity index (χ3n) is 3.60. The van der Waals surface area contributed by atoms with Crippen molar-refractivity contribution in [2.45, 2.75) is 78.6 Å². The minimum absolute atomic E-state index is 0.0342. The summed E-state index contributed by atoms with van der Waals surface area (Å²) in [6.07, 6.45) is 6.83. The molecule has 0 saturated carbocycles. The number of carbonyl (C=O) groups is 2. The highest BCUT2D eigenvalue weighted by Gasteiger charge is 2.09. The lowest BCUT2D eigenvalue weighted by Crippen LogP contribution is -2.10. The van der Waals surface area contributed by atoms with Crippen LogP contribution in [0.2, 0.25) is 0 Å². The maximum Gasteiger partial charge on any atom is 0.140 e. The van der Waals surface area contributed by atoms with E-state index in [1.807, 2.05) is 0 Å². The van der Waals surface area contributed by atoms with E-state index in [9.17, 15) is 9.59 Å². The molecular weight excluding hydrogens is 292 g/mol. The number of ketones is 2. The van der Waals surface area contributed by atoms with E-state index < -0.39 is 0 Å². The number of Topliss-reactive ketones (excluding diaryl/α,β-unsaturated/α-hetero) is 2. The van der Waals surface area contributed by atoms with Crippen molar-refractivity contribution in [1.82, 2.24) is 0 Å². The van der Waals surface area contributed by atoms with Gasteiger partial charge in [-0.2, -0.15) is 0 Å². The van der Waals surface area contributed by atoms with E-state index in [0.29, 0.717) is 38.4 Å². The molecule has 0 aromatic heterocycles. The van der Waals surface area contributed by atoms with Crippen molar-refractivity contribution in [1.29, 1.82) is 0 Å². The lowest BCUT2D eigenvalue weighted by atomic mass is 10.1. The summed E-state index contributed by atoms with van der Waals surface area (Å²) in [6, 6.07) is 0. The van der Waals surface area contributed by atoms with Gasteiger partial charge in [0.2, 0.25) is 0 Å². The Morgan fingerprint density at radius 2 is 1.26 bits per heavy atom. The predicted molar refractivity (Wildman–Crippen MR) is 93.7 cm³/mol. The zero-order valence-electron chi connectivity index (χ0n) is 15.4. The predicted octanol–water partition coefficient (Wildman–Crippen LogP) is 4.34. The minimum Gasteiger partial charge on any atom is -0.381 e. The summed E-state index contributed by atoms with van der Waals surface area (Å²) >= 11 is 0. The van der Waals surface area contributed by atoms with Crippen LogP contribution in [-0.2, 0) is 19.1 Å². The van der Waals surface area contributed by atoms with Gasteiger partial charge in [0.25, 0.3) is 0 Å². The summed E-state index contributed by atoms with van der Waals surface area (Å²) in [5.41, 5.74) is 0. The number of hydrogen-bond donors (Lipinski definition) is 0. The SMILES string of the molecule is CCCCOCCCC(=O)CC(=O)CCCOCCCC(C)C. The van der Waals surface area contributed by atoms with Gasteiger partial charge in [-0.15, -0.1) is 0 Å². The quantitative estimate of drug-likeness (QED) is 0.294. The van der Waals surface area contributed by atoms with Gasteiger partial charge in [-0.1, -0.05) is 27.2 Å². The molecule has 0 N–H and O–H groups in total. The van der Waals surface area contributed by atoms with Crippen LogP contribution in [0.1, 0.15) is 78.6 Å². The fourth-order valence-electron chi connectivity index (χ4n) is 2.18. The molecule has 0 saturated heterocycles. The first-order valence-electron chi connectivity index (χ1n) is 9.25. The Morgan fingerprint density at radius 3 is 1.74 bits per heavy atom. The van der Waals surface area contributed by atoms with Gasteiger partial charge in [-0.3, -0.25) is 9.59 Å². The van der Waals surface area contributed by atoms with Crippen molar-refractivity contribution in [2.75, 3.05) is 26.4 Å². The normalized spacial score (nSPS) is 11.1. The Balaban J connectivity index is 3.39. The van der Waals surface area contributed by atoms with Crippen LogP contribution < -0.4 is 0 Å². The van der Waals surface area contributed by atoms with Crippen LogP contribution in [0.25, 0.3) is 0 Å². The largest absolute Gasteiger partial charge is 0.381 e. The molecule has 0 unspecified atom stereocenters. The van der Waals surface area contributed by atoms with Crippen LogP contribution in [0.15, 0.2) is 0 Å². The zero-order valence-corrected chi connectivity index (χ0v) is 15.4. The van der Waals surface area contributed by atoms with Crippen molar-refractivity contribution in [3.8, 4) is 0 Å². The van der Waals surface area contributed by atoms with Crippen molar-refractivity contribution < 1.29 is 19.1 Å². The third kappa shape index (κ3) is 17.4. The lowest BCUT2D eigenvalue weighted by molar-refractivity contribution is -0.127. The summed E-state index contributed by atoms with van der Waals surface area (Å²) in [5, 5.41) is 0. The molecule has 4 nitrogen and oxygen atoms in total. The molecule has 0 aliphatic rings. The second kappa shape index (κ2) is 16.1. The molecule has 0 rings (SSSR count). The van der Waals surface area contributed by atoms with Crippen LogP contribution in [-0.4, -0.2) is 38.0 Å². The molecule has 0 amide bonds. The molecule has 23 heavy (non-hydrogen) atoms. The van der Waals surface area contributed by atoms with Gasteiger partial charge in [0.15, 0.2) is 0 Å². The molecule has 136 valence electrons. The van der Waals surface area contributed by atoms with Gasteiger partial charge < -0.3 is 9.47 Å². The molecule has 0 spiro atoms. The number of hydrogen-bond acceptors (Lipinski definition) is 4. The van der Waals surface area contributed by atoms with Gasteiger partial charge in [0.1, 0.15) is 11.6 Å². The molecular formula is C19H36O4. The maximum atomic E-state index is 11.7. The van der Waals surface area contributed by atoms with E-state index in [-0.39, 0.29) is 18.0 Å². The molecule has 4 heteroatoms. The fourth-order valence-corrected chi connectivity index (χ4v) is 2.18. The van der Waals surface area contributed by atoms with Crippen LogP contribution in [0.5, 0.6) is 0 Å². The zero-order chi connectivity index (χ0) is 17.3. The van der Waals surface area contributed by atoms with Crippen molar-refractivity contribution in [2.24, 2.45) is 5.92 Å². The van der Waals surface area contributed by atoms with Gasteiger partial charge in [-0.05, 0) is 38.0 Å². The number of rotatable bonds is 17. The number of carbonyl (C=O) groups excluding carboxylic acids is 2. The first-order chi connectivity index (χ1) is 11.1. The summed E-state index contributed by atoms with van der Waals surface area (Å²) in [7, 11) is 0. The summed E-state index contributed by atoms with van der Waals surface area (Å²) in [5.74, 6) is 0.780. The first kappa shape index (κ1) is 22.3. The van der Waals surface area contributed by atoms with Gasteiger partial charge in [0, 0.05) is 39.3 Å². The van der Waals surface area contributed by atoms with Crippen LogP contribution in [0.3, 0.4) is 0 Å². The summed E-state index contributed by atoms with van der Waals surface area (Å²) in [4.78, 5) is 23.4. The van der Waals surface area contributed by atoms with Crippen molar-refractivity contribution in [3.63, 3.8) is 0 Å². The number of ether oxygens (including phenoxy) is 2. The van der Waals surface area contributed by atoms with Gasteiger partial charge in [0.05, 0.1) is 6.42 Å². The average Bonchev–Trinajstić information content (AvgIpc) is 2.49. The topological polar surface area (TPSA) is 52.6 Å². The Hall–Kier alpha value is -0.740. The smallest absolute Gasteiger partial charge is 0.140 e. The molecule has 0 heterocycles. The average molecular weight is 328 g/mol. The van der Waals surface area contributed by atoms with Crippen LogP contribution in [0.4, 0.5) is 0 Å². The van der Waals surface area contributed by atoms with Crippen molar-refractivity contribution >= 4 is 11.6 Å². The molecule has 0 aliphatic carbocycles. The van der Waals surface area contributed by atoms with Crippen LogP contribution >= 0.6 is 0 Å². The van der Waals surface area contributed by atoms with E-state index in [1.165, 1.54) is 6.42 Å².